The van der Waals surface area contributed by atoms with Crippen LogP contribution < -0.4 is 15.5 Å². The summed E-state index contributed by atoms with van der Waals surface area (Å²) >= 11 is 1.41. The Hall–Kier alpha value is -3.18. The molecule has 1 aromatic carbocycles. The van der Waals surface area contributed by atoms with E-state index in [1.807, 2.05) is 6.92 Å². The average molecular weight is 488 g/mol. The second kappa shape index (κ2) is 10.8. The van der Waals surface area contributed by atoms with Crippen LogP contribution in [0.15, 0.2) is 23.6 Å². The first-order chi connectivity index (χ1) is 16.5. The number of anilines is 2. The Morgan fingerprint density at radius 1 is 1.29 bits per heavy atom. The highest BCUT2D eigenvalue weighted by Gasteiger charge is 2.26. The van der Waals surface area contributed by atoms with E-state index < -0.39 is 0 Å². The Balaban J connectivity index is 1.50. The van der Waals surface area contributed by atoms with Crippen molar-refractivity contribution in [3.05, 3.63) is 40.4 Å². The van der Waals surface area contributed by atoms with Crippen LogP contribution in [-0.4, -0.2) is 73.8 Å². The van der Waals surface area contributed by atoms with Gasteiger partial charge in [-0.05, 0) is 30.5 Å². The van der Waals surface area contributed by atoms with Crippen molar-refractivity contribution in [3.8, 4) is 0 Å². The summed E-state index contributed by atoms with van der Waals surface area (Å²) in [5, 5.41) is 8.18. The number of nitrogens with zero attached hydrogens (tertiary/aromatic N) is 3. The molecule has 2 aliphatic heterocycles. The van der Waals surface area contributed by atoms with Gasteiger partial charge in [-0.3, -0.25) is 9.59 Å². The molecule has 2 N–H and O–H groups in total. The van der Waals surface area contributed by atoms with Crippen LogP contribution in [0.5, 0.6) is 0 Å². The van der Waals surface area contributed by atoms with Gasteiger partial charge in [0.05, 0.1) is 23.9 Å². The average Bonchev–Trinajstić information content (AvgIpc) is 3.59. The van der Waals surface area contributed by atoms with Crippen LogP contribution in [-0.2, 0) is 16.0 Å². The van der Waals surface area contributed by atoms with Crippen LogP contribution in [0.25, 0.3) is 0 Å². The smallest absolute Gasteiger partial charge is 0.410 e. The molecule has 10 nitrogen and oxygen atoms in total. The van der Waals surface area contributed by atoms with Crippen molar-refractivity contribution in [2.24, 2.45) is 0 Å². The maximum atomic E-state index is 12.9. The van der Waals surface area contributed by atoms with E-state index in [2.05, 4.69) is 20.5 Å². The highest BCUT2D eigenvalue weighted by molar-refractivity contribution is 7.14. The number of carbonyl (C=O) groups is 3. The molecule has 2 aliphatic rings. The molecule has 0 radical (unpaired) electrons. The predicted octanol–water partition coefficient (Wildman–Crippen LogP) is 2.71. The third-order valence-electron chi connectivity index (χ3n) is 5.80. The lowest BCUT2D eigenvalue weighted by atomic mass is 10.1. The molecule has 182 valence electrons. The van der Waals surface area contributed by atoms with Crippen molar-refractivity contribution in [1.82, 2.24) is 15.2 Å². The van der Waals surface area contributed by atoms with Gasteiger partial charge in [-0.2, -0.15) is 0 Å². The lowest BCUT2D eigenvalue weighted by Crippen LogP contribution is -2.27. The molecule has 1 aromatic heterocycles. The van der Waals surface area contributed by atoms with Crippen LogP contribution in [0.2, 0.25) is 0 Å². The molecule has 0 bridgehead atoms. The SMILES string of the molecule is CCCNC(=O)c1cc(CN2CCOC2=O)ccc1NC(=O)c1csc(N2CC[C@H](OC)C2)n1. The predicted molar refractivity (Wildman–Crippen MR) is 129 cm³/mol. The minimum Gasteiger partial charge on any atom is -0.448 e. The van der Waals surface area contributed by atoms with E-state index in [1.165, 1.54) is 11.3 Å². The zero-order valence-electron chi connectivity index (χ0n) is 19.3. The molecule has 2 saturated heterocycles. The zero-order valence-corrected chi connectivity index (χ0v) is 20.2. The number of hydrogen-bond donors (Lipinski definition) is 2. The Kier molecular flexibility index (Phi) is 7.63. The fraction of sp³-hybridized carbons (Fsp3) is 0.478. The van der Waals surface area contributed by atoms with Crippen molar-refractivity contribution in [3.63, 3.8) is 0 Å². The topological polar surface area (TPSA) is 113 Å². The molecule has 0 aliphatic carbocycles. The fourth-order valence-corrected chi connectivity index (χ4v) is 4.75. The molecule has 3 heterocycles. The van der Waals surface area contributed by atoms with Crippen LogP contribution in [0.3, 0.4) is 0 Å². The van der Waals surface area contributed by atoms with Crippen LogP contribution in [0.1, 0.15) is 46.2 Å². The number of rotatable bonds is 9. The fourth-order valence-electron chi connectivity index (χ4n) is 3.90. The largest absolute Gasteiger partial charge is 0.448 e. The number of cyclic esters (lactones) is 1. The zero-order chi connectivity index (χ0) is 24.1. The van der Waals surface area contributed by atoms with E-state index in [1.54, 1.807) is 35.6 Å². The summed E-state index contributed by atoms with van der Waals surface area (Å²) in [5.74, 6) is -0.671. The third-order valence-corrected chi connectivity index (χ3v) is 6.71. The molecule has 4 rings (SSSR count). The van der Waals surface area contributed by atoms with E-state index in [4.69, 9.17) is 9.47 Å². The first-order valence-corrected chi connectivity index (χ1v) is 12.2. The van der Waals surface area contributed by atoms with Crippen LogP contribution in [0, 0.1) is 0 Å². The van der Waals surface area contributed by atoms with Gasteiger partial charge in [-0.1, -0.05) is 13.0 Å². The van der Waals surface area contributed by atoms with Gasteiger partial charge in [0.1, 0.15) is 12.3 Å². The monoisotopic (exact) mass is 487 g/mol. The number of benzene rings is 1. The van der Waals surface area contributed by atoms with Gasteiger partial charge in [-0.15, -0.1) is 11.3 Å². The first kappa shape index (κ1) is 24.0. The molecular formula is C23H29N5O5S. The lowest BCUT2D eigenvalue weighted by molar-refractivity contribution is 0.0954. The van der Waals surface area contributed by atoms with E-state index >= 15 is 0 Å². The maximum absolute atomic E-state index is 12.9. The van der Waals surface area contributed by atoms with Gasteiger partial charge < -0.3 is 29.9 Å². The Morgan fingerprint density at radius 3 is 2.85 bits per heavy atom. The van der Waals surface area contributed by atoms with Gasteiger partial charge in [0.15, 0.2) is 5.13 Å². The molecule has 0 spiro atoms. The van der Waals surface area contributed by atoms with Gasteiger partial charge in [-0.25, -0.2) is 9.78 Å². The number of nitrogens with one attached hydrogen (secondary N) is 2. The quantitative estimate of drug-likeness (QED) is 0.559. The Morgan fingerprint density at radius 2 is 2.15 bits per heavy atom. The molecule has 34 heavy (non-hydrogen) atoms. The first-order valence-electron chi connectivity index (χ1n) is 11.4. The summed E-state index contributed by atoms with van der Waals surface area (Å²) in [7, 11) is 1.70. The second-order valence-corrected chi connectivity index (χ2v) is 9.07. The van der Waals surface area contributed by atoms with Crippen LogP contribution >= 0.6 is 11.3 Å². The molecular weight excluding hydrogens is 458 g/mol. The number of carbonyl (C=O) groups excluding carboxylic acids is 3. The number of amides is 3. The van der Waals surface area contributed by atoms with Crippen molar-refractivity contribution in [1.29, 1.82) is 0 Å². The minimum absolute atomic E-state index is 0.172. The van der Waals surface area contributed by atoms with Gasteiger partial charge in [0.25, 0.3) is 11.8 Å². The normalized spacial score (nSPS) is 17.7. The summed E-state index contributed by atoms with van der Waals surface area (Å²) in [5.41, 5.74) is 1.80. The molecule has 11 heteroatoms. The Bertz CT molecular complexity index is 1060. The van der Waals surface area contributed by atoms with Crippen molar-refractivity contribution in [2.75, 3.05) is 50.1 Å². The van der Waals surface area contributed by atoms with Crippen LogP contribution in [0.4, 0.5) is 15.6 Å². The van der Waals surface area contributed by atoms with Gasteiger partial charge >= 0.3 is 6.09 Å². The molecule has 2 fully saturated rings. The molecule has 1 atom stereocenters. The lowest BCUT2D eigenvalue weighted by Gasteiger charge is -2.16. The number of ether oxygens (including phenoxy) is 2. The minimum atomic E-state index is -0.384. The number of hydrogen-bond acceptors (Lipinski definition) is 8. The molecule has 0 unspecified atom stereocenters. The number of methoxy groups -OCH3 is 1. The highest BCUT2D eigenvalue weighted by atomic mass is 32.1. The van der Waals surface area contributed by atoms with Crippen molar-refractivity contribution < 1.29 is 23.9 Å². The van der Waals surface area contributed by atoms with Gasteiger partial charge in [0.2, 0.25) is 0 Å². The number of thiazole rings is 1. The van der Waals surface area contributed by atoms with Crippen molar-refractivity contribution >= 4 is 40.1 Å². The standard InChI is InChI=1S/C23H29N5O5S/c1-3-7-24-20(29)17-11-15(12-28-9-10-33-23(28)31)4-5-18(17)25-21(30)19-14-34-22(26-19)27-8-6-16(13-27)32-2/h4-5,11,14,16H,3,6-10,12-13H2,1-2H3,(H,24,29)(H,25,30)/t16-/m0/s1. The molecule has 0 saturated carbocycles. The van der Waals surface area contributed by atoms with E-state index in [0.29, 0.717) is 43.2 Å². The second-order valence-electron chi connectivity index (χ2n) is 8.23. The molecule has 2 aromatic rings. The summed E-state index contributed by atoms with van der Waals surface area (Å²) in [4.78, 5) is 45.7. The summed E-state index contributed by atoms with van der Waals surface area (Å²) < 4.78 is 10.4. The third kappa shape index (κ3) is 5.48. The summed E-state index contributed by atoms with van der Waals surface area (Å²) in [6.07, 6.45) is 1.51. The summed E-state index contributed by atoms with van der Waals surface area (Å²) in [6.45, 7) is 5.25. The van der Waals surface area contributed by atoms with Gasteiger partial charge in [0, 0.05) is 38.7 Å². The Labute approximate surface area is 202 Å². The maximum Gasteiger partial charge on any atom is 0.410 e. The van der Waals surface area contributed by atoms with E-state index in [-0.39, 0.29) is 24.0 Å². The highest BCUT2D eigenvalue weighted by Crippen LogP contribution is 2.26. The summed E-state index contributed by atoms with van der Waals surface area (Å²) in [6, 6.07) is 5.18. The van der Waals surface area contributed by atoms with E-state index in [0.717, 1.165) is 36.6 Å². The molecule has 3 amide bonds. The number of aromatic nitrogens is 1. The van der Waals surface area contributed by atoms with Crippen molar-refractivity contribution in [2.45, 2.75) is 32.4 Å². The van der Waals surface area contributed by atoms with E-state index in [9.17, 15) is 14.4 Å².